The molecule has 0 aliphatic heterocycles. The molecule has 0 aromatic carbocycles. The van der Waals surface area contributed by atoms with Crippen molar-refractivity contribution in [2.75, 3.05) is 12.4 Å². The Morgan fingerprint density at radius 2 is 2.27 bits per heavy atom. The highest BCUT2D eigenvalue weighted by molar-refractivity contribution is 9.10. The van der Waals surface area contributed by atoms with Gasteiger partial charge in [0, 0.05) is 5.75 Å². The maximum absolute atomic E-state index is 12.2. The lowest BCUT2D eigenvalue weighted by Crippen LogP contribution is -2.43. The number of nitro groups is 1. The summed E-state index contributed by atoms with van der Waals surface area (Å²) in [4.78, 5) is 34.0. The summed E-state index contributed by atoms with van der Waals surface area (Å²) < 4.78 is 11.8. The number of thiol groups is 1. The van der Waals surface area contributed by atoms with Gasteiger partial charge in [-0.15, -0.1) is 0 Å². The van der Waals surface area contributed by atoms with Gasteiger partial charge < -0.3 is 24.6 Å². The summed E-state index contributed by atoms with van der Waals surface area (Å²) in [5.74, 6) is -1.09. The number of carbonyl (C=O) groups excluding carboxylic acids is 2. The summed E-state index contributed by atoms with van der Waals surface area (Å²) in [5, 5.41) is 17.1. The first-order valence-electron chi connectivity index (χ1n) is 7.40. The molecule has 1 atom stereocenters. The van der Waals surface area contributed by atoms with Crippen molar-refractivity contribution in [2.45, 2.75) is 19.5 Å². The van der Waals surface area contributed by atoms with E-state index in [0.29, 0.717) is 5.76 Å². The van der Waals surface area contributed by atoms with E-state index in [1.165, 1.54) is 23.0 Å². The van der Waals surface area contributed by atoms with E-state index in [1.807, 2.05) is 0 Å². The molecule has 0 aliphatic carbocycles. The Hall–Kier alpha value is -2.34. The Morgan fingerprint density at radius 3 is 2.85 bits per heavy atom. The maximum Gasteiger partial charge on any atom is 0.404 e. The summed E-state index contributed by atoms with van der Waals surface area (Å²) >= 11 is 7.07. The molecular formula is C14H15BrN4O6S. The molecule has 140 valence electrons. The number of furan rings is 1. The molecule has 2 heterocycles. The van der Waals surface area contributed by atoms with Gasteiger partial charge in [-0.25, -0.2) is 4.79 Å². The minimum atomic E-state index is -0.899. The van der Waals surface area contributed by atoms with Crippen LogP contribution < -0.4 is 5.32 Å². The Morgan fingerprint density at radius 1 is 1.54 bits per heavy atom. The van der Waals surface area contributed by atoms with E-state index in [4.69, 9.17) is 9.15 Å². The van der Waals surface area contributed by atoms with Crippen LogP contribution in [0.4, 0.5) is 5.82 Å². The molecule has 0 saturated heterocycles. The van der Waals surface area contributed by atoms with Crippen LogP contribution in [0.25, 0.3) is 0 Å². The number of esters is 1. The molecule has 2 rings (SSSR count). The van der Waals surface area contributed by atoms with Crippen LogP contribution in [-0.2, 0) is 16.1 Å². The number of aromatic nitrogens is 2. The van der Waals surface area contributed by atoms with E-state index < -0.39 is 22.8 Å². The number of halogens is 1. The third-order valence-electron chi connectivity index (χ3n) is 3.13. The van der Waals surface area contributed by atoms with Crippen LogP contribution in [0.15, 0.2) is 27.2 Å². The zero-order chi connectivity index (χ0) is 19.3. The van der Waals surface area contributed by atoms with Crippen molar-refractivity contribution < 1.29 is 23.7 Å². The molecule has 10 nitrogen and oxygen atoms in total. The van der Waals surface area contributed by atoms with Crippen LogP contribution in [0, 0.1) is 10.1 Å². The second-order valence-corrected chi connectivity index (χ2v) is 6.20. The molecule has 0 fully saturated rings. The fourth-order valence-electron chi connectivity index (χ4n) is 1.99. The zero-order valence-corrected chi connectivity index (χ0v) is 16.0. The lowest BCUT2D eigenvalue weighted by Gasteiger charge is -2.13. The number of hydrogen-bond acceptors (Lipinski definition) is 8. The standard InChI is InChI=1S/C14H15BrN4O6S/c1-2-24-14(21)10(7-26)16-13(20)11-4-3-8(25-11)5-18-6-9(15)12(17-18)19(22)23/h3-4,6,10,26H,2,5,7H2,1H3,(H,16,20)/t10-/m0/s1. The van der Waals surface area contributed by atoms with Crippen LogP contribution in [0.1, 0.15) is 23.2 Å². The van der Waals surface area contributed by atoms with Crippen LogP contribution in [0.2, 0.25) is 0 Å². The minimum absolute atomic E-state index is 0.0168. The Labute approximate surface area is 161 Å². The van der Waals surface area contributed by atoms with Gasteiger partial charge in [0.1, 0.15) is 22.8 Å². The second-order valence-electron chi connectivity index (χ2n) is 4.98. The van der Waals surface area contributed by atoms with Crippen LogP contribution >= 0.6 is 28.6 Å². The first kappa shape index (κ1) is 20.0. The number of rotatable bonds is 8. The number of nitrogens with one attached hydrogen (secondary N) is 1. The molecule has 2 aromatic rings. The molecular weight excluding hydrogens is 432 g/mol. The van der Waals surface area contributed by atoms with E-state index >= 15 is 0 Å². The molecule has 0 radical (unpaired) electrons. The number of ether oxygens (including phenoxy) is 1. The smallest absolute Gasteiger partial charge is 0.404 e. The monoisotopic (exact) mass is 446 g/mol. The predicted octanol–water partition coefficient (Wildman–Crippen LogP) is 1.79. The SMILES string of the molecule is CCOC(=O)[C@H](CS)NC(=O)c1ccc(Cn2cc(Br)c([N+](=O)[O-])n2)o1. The van der Waals surface area contributed by atoms with Crippen molar-refractivity contribution in [3.8, 4) is 0 Å². The normalized spacial score (nSPS) is 11.8. The predicted molar refractivity (Wildman–Crippen MR) is 96.1 cm³/mol. The van der Waals surface area contributed by atoms with Gasteiger partial charge in [-0.1, -0.05) is 0 Å². The fourth-order valence-corrected chi connectivity index (χ4v) is 2.69. The van der Waals surface area contributed by atoms with E-state index in [9.17, 15) is 19.7 Å². The number of carbonyl (C=O) groups is 2. The van der Waals surface area contributed by atoms with Crippen molar-refractivity contribution in [2.24, 2.45) is 0 Å². The summed E-state index contributed by atoms with van der Waals surface area (Å²) in [5.41, 5.74) is 0. The van der Waals surface area contributed by atoms with Gasteiger partial charge in [0.2, 0.25) is 0 Å². The first-order chi connectivity index (χ1) is 12.3. The van der Waals surface area contributed by atoms with Crippen molar-refractivity contribution in [3.63, 3.8) is 0 Å². The van der Waals surface area contributed by atoms with Gasteiger partial charge in [0.15, 0.2) is 5.76 Å². The zero-order valence-electron chi connectivity index (χ0n) is 13.5. The molecule has 0 spiro atoms. The Balaban J connectivity index is 2.04. The fraction of sp³-hybridized carbons (Fsp3) is 0.357. The van der Waals surface area contributed by atoms with Gasteiger partial charge in [0.05, 0.1) is 17.9 Å². The van der Waals surface area contributed by atoms with E-state index in [1.54, 1.807) is 6.92 Å². The molecule has 1 N–H and O–H groups in total. The number of hydrogen-bond donors (Lipinski definition) is 2. The van der Waals surface area contributed by atoms with Gasteiger partial charge in [-0.05, 0) is 39.9 Å². The van der Waals surface area contributed by atoms with E-state index in [2.05, 4.69) is 39.0 Å². The molecule has 26 heavy (non-hydrogen) atoms. The molecule has 0 bridgehead atoms. The largest absolute Gasteiger partial charge is 0.464 e. The average Bonchev–Trinajstić information content (AvgIpc) is 3.19. The number of nitrogens with zero attached hydrogens (tertiary/aromatic N) is 3. The third-order valence-corrected chi connectivity index (χ3v) is 4.06. The van der Waals surface area contributed by atoms with Crippen molar-refractivity contribution >= 4 is 46.3 Å². The summed E-state index contributed by atoms with van der Waals surface area (Å²) in [6.07, 6.45) is 1.43. The molecule has 12 heteroatoms. The maximum atomic E-state index is 12.2. The van der Waals surface area contributed by atoms with Crippen LogP contribution in [-0.4, -0.2) is 45.0 Å². The summed E-state index contributed by atoms with van der Waals surface area (Å²) in [6.45, 7) is 1.94. The summed E-state index contributed by atoms with van der Waals surface area (Å²) in [6, 6.07) is 2.07. The average molecular weight is 447 g/mol. The van der Waals surface area contributed by atoms with E-state index in [-0.39, 0.29) is 35.0 Å². The third kappa shape index (κ3) is 4.85. The highest BCUT2D eigenvalue weighted by Crippen LogP contribution is 2.22. The first-order valence-corrected chi connectivity index (χ1v) is 8.82. The highest BCUT2D eigenvalue weighted by Gasteiger charge is 2.23. The van der Waals surface area contributed by atoms with Crippen LogP contribution in [0.5, 0.6) is 0 Å². The molecule has 2 aromatic heterocycles. The molecule has 1 amide bonds. The Kier molecular flexibility index (Phi) is 6.80. The van der Waals surface area contributed by atoms with Gasteiger partial charge in [-0.3, -0.25) is 4.79 Å². The molecule has 0 saturated carbocycles. The van der Waals surface area contributed by atoms with E-state index in [0.717, 1.165) is 0 Å². The van der Waals surface area contributed by atoms with Crippen molar-refractivity contribution in [1.29, 1.82) is 0 Å². The second kappa shape index (κ2) is 8.85. The highest BCUT2D eigenvalue weighted by atomic mass is 79.9. The molecule has 0 unspecified atom stereocenters. The minimum Gasteiger partial charge on any atom is -0.464 e. The number of amides is 1. The van der Waals surface area contributed by atoms with Crippen molar-refractivity contribution in [1.82, 2.24) is 15.1 Å². The van der Waals surface area contributed by atoms with Gasteiger partial charge in [-0.2, -0.15) is 17.3 Å². The van der Waals surface area contributed by atoms with Crippen molar-refractivity contribution in [3.05, 3.63) is 44.4 Å². The summed E-state index contributed by atoms with van der Waals surface area (Å²) in [7, 11) is 0. The lowest BCUT2D eigenvalue weighted by atomic mass is 10.3. The van der Waals surface area contributed by atoms with Gasteiger partial charge >= 0.3 is 11.8 Å². The lowest BCUT2D eigenvalue weighted by molar-refractivity contribution is -0.390. The topological polar surface area (TPSA) is 130 Å². The van der Waals surface area contributed by atoms with Crippen LogP contribution in [0.3, 0.4) is 0 Å². The van der Waals surface area contributed by atoms with Gasteiger partial charge in [0.25, 0.3) is 5.91 Å². The molecule has 0 aliphatic rings. The Bertz CT molecular complexity index is 820. The quantitative estimate of drug-likeness (QED) is 0.273.